The molecule has 0 radical (unpaired) electrons. The second-order valence-electron chi connectivity index (χ2n) is 9.76. The monoisotopic (exact) mass is 521 g/mol. The van der Waals surface area contributed by atoms with Gasteiger partial charge in [0.05, 0.1) is 36.1 Å². The molecule has 3 aromatic rings. The number of rotatable bonds is 12. The van der Waals surface area contributed by atoms with Crippen LogP contribution in [0.15, 0.2) is 42.5 Å². The number of likely N-dealkylation sites (N-methyl/N-ethyl adjacent to an activating group) is 2. The van der Waals surface area contributed by atoms with Gasteiger partial charge in [0.25, 0.3) is 0 Å². The summed E-state index contributed by atoms with van der Waals surface area (Å²) in [5.41, 5.74) is 8.80. The van der Waals surface area contributed by atoms with E-state index in [-0.39, 0.29) is 24.3 Å². The number of esters is 1. The summed E-state index contributed by atoms with van der Waals surface area (Å²) in [6.07, 6.45) is 0. The number of aromatic nitrogens is 2. The van der Waals surface area contributed by atoms with Crippen molar-refractivity contribution in [3.8, 4) is 0 Å². The van der Waals surface area contributed by atoms with Crippen LogP contribution in [-0.2, 0) is 33.3 Å². The fourth-order valence-electron chi connectivity index (χ4n) is 4.57. The molecular weight excluding hydrogens is 482 g/mol. The summed E-state index contributed by atoms with van der Waals surface area (Å²) >= 11 is 0. The largest absolute Gasteiger partial charge is 0.465 e. The van der Waals surface area contributed by atoms with Crippen LogP contribution in [0.4, 0.5) is 5.69 Å². The highest BCUT2D eigenvalue weighted by Gasteiger charge is 2.39. The third-order valence-corrected chi connectivity index (χ3v) is 6.84. The van der Waals surface area contributed by atoms with Gasteiger partial charge in [-0.25, -0.2) is 4.98 Å². The molecule has 3 rings (SSSR count). The van der Waals surface area contributed by atoms with Crippen LogP contribution in [0.1, 0.15) is 37.7 Å². The minimum Gasteiger partial charge on any atom is -0.465 e. The number of carbonyl (C=O) groups is 2. The number of nitrogens with zero attached hydrogens (tertiary/aromatic N) is 4. The van der Waals surface area contributed by atoms with Crippen LogP contribution in [0.3, 0.4) is 0 Å². The maximum Gasteiger partial charge on any atom is 0.320 e. The number of amides is 1. The van der Waals surface area contributed by atoms with Crippen LogP contribution in [0.5, 0.6) is 0 Å². The van der Waals surface area contributed by atoms with Crippen molar-refractivity contribution >= 4 is 34.4 Å². The van der Waals surface area contributed by atoms with Gasteiger partial charge in [-0.05, 0) is 69.8 Å². The number of carbonyl (C=O) groups excluding carboxylic acids is 2. The molecule has 0 bridgehead atoms. The van der Waals surface area contributed by atoms with Crippen molar-refractivity contribution in [3.05, 3.63) is 59.4 Å². The molecule has 1 amide bonds. The normalized spacial score (nSPS) is 12.8. The van der Waals surface area contributed by atoms with E-state index in [9.17, 15) is 9.59 Å². The Balaban J connectivity index is 1.89. The molecule has 204 valence electrons. The minimum atomic E-state index is -0.894. The topological polar surface area (TPSA) is 130 Å². The average Bonchev–Trinajstić information content (AvgIpc) is 3.21. The zero-order valence-corrected chi connectivity index (χ0v) is 23.2. The highest BCUT2D eigenvalue weighted by molar-refractivity contribution is 5.95. The number of benzene rings is 2. The van der Waals surface area contributed by atoms with Gasteiger partial charge in [-0.1, -0.05) is 6.07 Å². The van der Waals surface area contributed by atoms with Crippen LogP contribution >= 0.6 is 0 Å². The van der Waals surface area contributed by atoms with E-state index in [2.05, 4.69) is 5.32 Å². The fourth-order valence-corrected chi connectivity index (χ4v) is 4.57. The predicted octanol–water partition coefficient (Wildman–Crippen LogP) is 2.70. The van der Waals surface area contributed by atoms with Gasteiger partial charge in [-0.2, -0.15) is 0 Å². The highest BCUT2D eigenvalue weighted by Crippen LogP contribution is 2.30. The van der Waals surface area contributed by atoms with Gasteiger partial charge in [0.1, 0.15) is 11.7 Å². The minimum absolute atomic E-state index is 0.0260. The zero-order valence-electron chi connectivity index (χ0n) is 23.2. The average molecular weight is 522 g/mol. The number of imidazole rings is 1. The van der Waals surface area contributed by atoms with Gasteiger partial charge in [0, 0.05) is 38.4 Å². The maximum atomic E-state index is 13.6. The molecule has 10 heteroatoms. The second-order valence-corrected chi connectivity index (χ2v) is 9.76. The molecular formula is C28H39N7O3. The molecule has 1 aromatic heterocycles. The fraction of sp³-hybridized carbons (Fsp3) is 0.429. The summed E-state index contributed by atoms with van der Waals surface area (Å²) in [4.78, 5) is 34.1. The first kappa shape index (κ1) is 28.6. The van der Waals surface area contributed by atoms with Gasteiger partial charge in [0.2, 0.25) is 5.91 Å². The van der Waals surface area contributed by atoms with E-state index in [0.29, 0.717) is 31.8 Å². The van der Waals surface area contributed by atoms with Crippen molar-refractivity contribution in [2.24, 2.45) is 12.8 Å². The van der Waals surface area contributed by atoms with Crippen molar-refractivity contribution in [3.63, 3.8) is 0 Å². The summed E-state index contributed by atoms with van der Waals surface area (Å²) in [5, 5.41) is 10.9. The van der Waals surface area contributed by atoms with Crippen molar-refractivity contribution in [1.82, 2.24) is 19.4 Å². The molecule has 0 fully saturated rings. The summed E-state index contributed by atoms with van der Waals surface area (Å²) in [7, 11) is 5.57. The van der Waals surface area contributed by atoms with Crippen molar-refractivity contribution in [1.29, 1.82) is 5.41 Å². The molecule has 4 N–H and O–H groups in total. The Morgan fingerprint density at radius 1 is 1.16 bits per heavy atom. The quantitative estimate of drug-likeness (QED) is 0.190. The highest BCUT2D eigenvalue weighted by atomic mass is 16.5. The van der Waals surface area contributed by atoms with Crippen molar-refractivity contribution in [2.75, 3.05) is 45.7 Å². The summed E-state index contributed by atoms with van der Waals surface area (Å²) in [6, 6.07) is 13.3. The number of anilines is 1. The number of hydrogen-bond acceptors (Lipinski definition) is 7. The molecule has 2 aromatic carbocycles. The number of amidine groups is 1. The van der Waals surface area contributed by atoms with Crippen LogP contribution in [0.25, 0.3) is 11.0 Å². The maximum absolute atomic E-state index is 13.6. The molecule has 10 nitrogen and oxygen atoms in total. The Morgan fingerprint density at radius 2 is 1.84 bits per heavy atom. The molecule has 38 heavy (non-hydrogen) atoms. The van der Waals surface area contributed by atoms with Gasteiger partial charge in [-0.15, -0.1) is 0 Å². The van der Waals surface area contributed by atoms with Gasteiger partial charge in [0.15, 0.2) is 0 Å². The number of nitrogen functional groups attached to an aromatic ring is 1. The lowest BCUT2D eigenvalue weighted by molar-refractivity contribution is -0.145. The Bertz CT molecular complexity index is 1300. The molecule has 1 heterocycles. The van der Waals surface area contributed by atoms with Gasteiger partial charge >= 0.3 is 5.97 Å². The molecule has 0 saturated heterocycles. The lowest BCUT2D eigenvalue weighted by Gasteiger charge is -2.35. The summed E-state index contributed by atoms with van der Waals surface area (Å²) < 4.78 is 7.13. The SMILES string of the molecule is CCOC(=O)CN(C)CC(C)(C(=O)N(C)CC)c1ccc2c(c1)nc(CNc1ccc(C(=N)N)cc1)n2C. The summed E-state index contributed by atoms with van der Waals surface area (Å²) in [6.45, 7) is 7.47. The molecule has 0 saturated carbocycles. The van der Waals surface area contributed by atoms with E-state index in [1.165, 1.54) is 0 Å². The standard InChI is InChI=1S/C28H39N7O3/c1-7-34(5)27(37)28(3,18-33(4)17-25(36)38-8-2)20-11-14-23-22(15-20)32-24(35(23)6)16-31-21-12-9-19(10-13-21)26(29)30/h9-15,31H,7-8,16-18H2,1-6H3,(H3,29,30). The lowest BCUT2D eigenvalue weighted by Crippen LogP contribution is -2.50. The number of hydrogen-bond donors (Lipinski definition) is 3. The van der Waals surface area contributed by atoms with Crippen molar-refractivity contribution in [2.45, 2.75) is 32.7 Å². The third-order valence-electron chi connectivity index (χ3n) is 6.84. The van der Waals surface area contributed by atoms with E-state index in [1.807, 2.05) is 67.7 Å². The summed E-state index contributed by atoms with van der Waals surface area (Å²) in [5.74, 6) is 0.528. The lowest BCUT2D eigenvalue weighted by atomic mass is 9.80. The Kier molecular flexibility index (Phi) is 9.11. The van der Waals surface area contributed by atoms with E-state index in [1.54, 1.807) is 31.0 Å². The first-order valence-corrected chi connectivity index (χ1v) is 12.7. The van der Waals surface area contributed by atoms with Gasteiger partial charge < -0.3 is 25.3 Å². The Hall–Kier alpha value is -3.92. The first-order valence-electron chi connectivity index (χ1n) is 12.7. The Labute approximate surface area is 224 Å². The first-order chi connectivity index (χ1) is 18.0. The van der Waals surface area contributed by atoms with Gasteiger partial charge in [-0.3, -0.25) is 19.9 Å². The van der Waals surface area contributed by atoms with Crippen LogP contribution in [0, 0.1) is 5.41 Å². The van der Waals surface area contributed by atoms with E-state index < -0.39 is 5.41 Å². The molecule has 0 aliphatic heterocycles. The number of fused-ring (bicyclic) bond motifs is 1. The van der Waals surface area contributed by atoms with E-state index in [0.717, 1.165) is 28.1 Å². The smallest absolute Gasteiger partial charge is 0.320 e. The van der Waals surface area contributed by atoms with Crippen LogP contribution in [-0.4, -0.2) is 77.4 Å². The third kappa shape index (κ3) is 6.31. The van der Waals surface area contributed by atoms with Crippen LogP contribution in [0.2, 0.25) is 0 Å². The van der Waals surface area contributed by atoms with E-state index >= 15 is 0 Å². The number of nitrogens with two attached hydrogens (primary N) is 1. The number of aryl methyl sites for hydroxylation is 1. The molecule has 1 unspecified atom stereocenters. The molecule has 1 atom stereocenters. The van der Waals surface area contributed by atoms with Crippen LogP contribution < -0.4 is 11.1 Å². The molecule has 0 aliphatic carbocycles. The number of ether oxygens (including phenoxy) is 1. The Morgan fingerprint density at radius 3 is 2.45 bits per heavy atom. The molecule has 0 spiro atoms. The predicted molar refractivity (Wildman–Crippen MR) is 150 cm³/mol. The number of nitrogens with one attached hydrogen (secondary N) is 2. The van der Waals surface area contributed by atoms with Crippen molar-refractivity contribution < 1.29 is 14.3 Å². The zero-order chi connectivity index (χ0) is 28.0. The molecule has 0 aliphatic rings. The second kappa shape index (κ2) is 12.1. The van der Waals surface area contributed by atoms with E-state index in [4.69, 9.17) is 20.9 Å².